The molecule has 1 aromatic carbocycles. The predicted molar refractivity (Wildman–Crippen MR) is 70.6 cm³/mol. The second-order valence-corrected chi connectivity index (χ2v) is 5.19. The third-order valence-corrected chi connectivity index (χ3v) is 3.52. The molecule has 1 heterocycles. The Bertz CT molecular complexity index is 515. The highest BCUT2D eigenvalue weighted by Gasteiger charge is 2.42. The molecule has 0 saturated carbocycles. The van der Waals surface area contributed by atoms with Crippen molar-refractivity contribution in [1.82, 2.24) is 4.90 Å². The van der Waals surface area contributed by atoms with Crippen molar-refractivity contribution in [2.24, 2.45) is 5.73 Å². The SMILES string of the molecule is Cc1cccc(CC(=O)N2CCC(N)(C(=O)O)C2)c1. The maximum Gasteiger partial charge on any atom is 0.325 e. The van der Waals surface area contributed by atoms with Gasteiger partial charge in [0.25, 0.3) is 0 Å². The monoisotopic (exact) mass is 262 g/mol. The molecule has 19 heavy (non-hydrogen) atoms. The summed E-state index contributed by atoms with van der Waals surface area (Å²) in [6.07, 6.45) is 0.596. The molecule has 1 unspecified atom stereocenters. The van der Waals surface area contributed by atoms with Gasteiger partial charge in [-0.2, -0.15) is 0 Å². The lowest BCUT2D eigenvalue weighted by Gasteiger charge is -2.20. The van der Waals surface area contributed by atoms with E-state index >= 15 is 0 Å². The summed E-state index contributed by atoms with van der Waals surface area (Å²) in [7, 11) is 0. The number of hydrogen-bond donors (Lipinski definition) is 2. The van der Waals surface area contributed by atoms with Gasteiger partial charge in [0.15, 0.2) is 0 Å². The van der Waals surface area contributed by atoms with Gasteiger partial charge in [-0.25, -0.2) is 0 Å². The van der Waals surface area contributed by atoms with Gasteiger partial charge in [0.1, 0.15) is 5.54 Å². The number of carbonyl (C=O) groups excluding carboxylic acids is 1. The van der Waals surface area contributed by atoms with E-state index in [1.54, 1.807) is 0 Å². The standard InChI is InChI=1S/C14H18N2O3/c1-10-3-2-4-11(7-10)8-12(17)16-6-5-14(15,9-16)13(18)19/h2-4,7H,5-6,8-9,15H2,1H3,(H,18,19). The van der Waals surface area contributed by atoms with Crippen molar-refractivity contribution in [3.05, 3.63) is 35.4 Å². The number of carboxylic acid groups (broad SMARTS) is 1. The first-order valence-corrected chi connectivity index (χ1v) is 6.26. The Morgan fingerprint density at radius 1 is 1.47 bits per heavy atom. The predicted octanol–water partition coefficient (Wildman–Crippen LogP) is 0.552. The third-order valence-electron chi connectivity index (χ3n) is 3.52. The van der Waals surface area contributed by atoms with Crippen LogP contribution < -0.4 is 5.73 Å². The number of aliphatic carboxylic acids is 1. The minimum atomic E-state index is -1.29. The molecule has 0 radical (unpaired) electrons. The van der Waals surface area contributed by atoms with Gasteiger partial charge in [0.05, 0.1) is 6.42 Å². The maximum absolute atomic E-state index is 12.1. The van der Waals surface area contributed by atoms with E-state index in [1.807, 2.05) is 31.2 Å². The number of nitrogens with zero attached hydrogens (tertiary/aromatic N) is 1. The molecule has 2 rings (SSSR count). The van der Waals surface area contributed by atoms with Crippen LogP contribution in [0.4, 0.5) is 0 Å². The fourth-order valence-electron chi connectivity index (χ4n) is 2.33. The van der Waals surface area contributed by atoms with Gasteiger partial charge in [-0.15, -0.1) is 0 Å². The molecule has 1 fully saturated rings. The number of carbonyl (C=O) groups is 2. The summed E-state index contributed by atoms with van der Waals surface area (Å²) in [5, 5.41) is 9.04. The Morgan fingerprint density at radius 3 is 2.79 bits per heavy atom. The third kappa shape index (κ3) is 2.93. The molecule has 0 aliphatic carbocycles. The van der Waals surface area contributed by atoms with E-state index in [1.165, 1.54) is 4.90 Å². The Hall–Kier alpha value is -1.88. The average molecular weight is 262 g/mol. The Balaban J connectivity index is 2.01. The molecular formula is C14H18N2O3. The van der Waals surface area contributed by atoms with Crippen molar-refractivity contribution in [2.75, 3.05) is 13.1 Å². The topological polar surface area (TPSA) is 83.6 Å². The highest BCUT2D eigenvalue weighted by atomic mass is 16.4. The van der Waals surface area contributed by atoms with Gasteiger partial charge >= 0.3 is 5.97 Å². The number of amides is 1. The number of rotatable bonds is 3. The van der Waals surface area contributed by atoms with Crippen molar-refractivity contribution in [3.8, 4) is 0 Å². The van der Waals surface area contributed by atoms with Crippen LogP contribution in [0.25, 0.3) is 0 Å². The first-order chi connectivity index (χ1) is 8.90. The van der Waals surface area contributed by atoms with Gasteiger partial charge in [0, 0.05) is 13.1 Å². The fraction of sp³-hybridized carbons (Fsp3) is 0.429. The molecule has 0 aromatic heterocycles. The minimum Gasteiger partial charge on any atom is -0.480 e. The molecule has 1 aliphatic rings. The lowest BCUT2D eigenvalue weighted by Crippen LogP contribution is -2.50. The summed E-state index contributed by atoms with van der Waals surface area (Å²) >= 11 is 0. The molecule has 1 aromatic rings. The summed E-state index contributed by atoms with van der Waals surface area (Å²) in [6.45, 7) is 2.47. The first kappa shape index (κ1) is 13.5. The number of benzene rings is 1. The quantitative estimate of drug-likeness (QED) is 0.833. The van der Waals surface area contributed by atoms with Crippen LogP contribution in [0.1, 0.15) is 17.5 Å². The molecular weight excluding hydrogens is 244 g/mol. The molecule has 3 N–H and O–H groups in total. The van der Waals surface area contributed by atoms with Gasteiger partial charge in [-0.05, 0) is 18.9 Å². The van der Waals surface area contributed by atoms with E-state index in [9.17, 15) is 9.59 Å². The van der Waals surface area contributed by atoms with E-state index in [4.69, 9.17) is 10.8 Å². The van der Waals surface area contributed by atoms with Crippen LogP contribution in [0.15, 0.2) is 24.3 Å². The molecule has 5 nitrogen and oxygen atoms in total. The highest BCUT2D eigenvalue weighted by Crippen LogP contribution is 2.20. The minimum absolute atomic E-state index is 0.0702. The van der Waals surface area contributed by atoms with E-state index in [2.05, 4.69) is 0 Å². The van der Waals surface area contributed by atoms with Crippen molar-refractivity contribution < 1.29 is 14.7 Å². The summed E-state index contributed by atoms with van der Waals surface area (Å²) < 4.78 is 0. The van der Waals surface area contributed by atoms with Crippen molar-refractivity contribution in [1.29, 1.82) is 0 Å². The first-order valence-electron chi connectivity index (χ1n) is 6.26. The number of hydrogen-bond acceptors (Lipinski definition) is 3. The van der Waals surface area contributed by atoms with E-state index in [0.29, 0.717) is 13.0 Å². The van der Waals surface area contributed by atoms with Crippen LogP contribution in [-0.2, 0) is 16.0 Å². The fourth-order valence-corrected chi connectivity index (χ4v) is 2.33. The van der Waals surface area contributed by atoms with Gasteiger partial charge in [-0.3, -0.25) is 9.59 Å². The molecule has 1 aliphatic heterocycles. The summed E-state index contributed by atoms with van der Waals surface area (Å²) in [6, 6.07) is 7.74. The van der Waals surface area contributed by atoms with Crippen LogP contribution in [0.2, 0.25) is 0 Å². The normalized spacial score (nSPS) is 22.5. The lowest BCUT2D eigenvalue weighted by atomic mass is 10.0. The van der Waals surface area contributed by atoms with Crippen LogP contribution in [0.3, 0.4) is 0 Å². The zero-order valence-corrected chi connectivity index (χ0v) is 10.9. The molecule has 102 valence electrons. The lowest BCUT2D eigenvalue weighted by molar-refractivity contribution is -0.143. The second kappa shape index (κ2) is 5.01. The maximum atomic E-state index is 12.1. The zero-order valence-electron chi connectivity index (χ0n) is 10.9. The molecule has 1 saturated heterocycles. The zero-order chi connectivity index (χ0) is 14.0. The number of aryl methyl sites for hydroxylation is 1. The van der Waals surface area contributed by atoms with Gasteiger partial charge in [0.2, 0.25) is 5.91 Å². The molecule has 0 bridgehead atoms. The summed E-state index contributed by atoms with van der Waals surface area (Å²) in [5.41, 5.74) is 6.51. The molecule has 1 amide bonds. The Kier molecular flexibility index (Phi) is 3.57. The highest BCUT2D eigenvalue weighted by molar-refractivity contribution is 5.84. The Labute approximate surface area is 112 Å². The smallest absolute Gasteiger partial charge is 0.325 e. The van der Waals surface area contributed by atoms with Gasteiger partial charge in [-0.1, -0.05) is 29.8 Å². The largest absolute Gasteiger partial charge is 0.480 e. The van der Waals surface area contributed by atoms with E-state index < -0.39 is 11.5 Å². The van der Waals surface area contributed by atoms with Crippen molar-refractivity contribution >= 4 is 11.9 Å². The van der Waals surface area contributed by atoms with Crippen LogP contribution in [-0.4, -0.2) is 40.5 Å². The van der Waals surface area contributed by atoms with E-state index in [-0.39, 0.29) is 18.9 Å². The molecule has 5 heteroatoms. The van der Waals surface area contributed by atoms with Crippen LogP contribution in [0.5, 0.6) is 0 Å². The molecule has 0 spiro atoms. The average Bonchev–Trinajstić information content (AvgIpc) is 2.73. The van der Waals surface area contributed by atoms with Crippen molar-refractivity contribution in [2.45, 2.75) is 25.3 Å². The number of carboxylic acids is 1. The number of nitrogens with two attached hydrogens (primary N) is 1. The summed E-state index contributed by atoms with van der Waals surface area (Å²) in [5.74, 6) is -1.11. The number of likely N-dealkylation sites (tertiary alicyclic amines) is 1. The molecule has 1 atom stereocenters. The van der Waals surface area contributed by atoms with Gasteiger partial charge < -0.3 is 15.7 Å². The van der Waals surface area contributed by atoms with E-state index in [0.717, 1.165) is 11.1 Å². The van der Waals surface area contributed by atoms with Crippen LogP contribution in [0, 0.1) is 6.92 Å². The Morgan fingerprint density at radius 2 is 2.21 bits per heavy atom. The van der Waals surface area contributed by atoms with Crippen LogP contribution >= 0.6 is 0 Å². The van der Waals surface area contributed by atoms with Crippen molar-refractivity contribution in [3.63, 3.8) is 0 Å². The second-order valence-electron chi connectivity index (χ2n) is 5.19. The summed E-state index contributed by atoms with van der Waals surface area (Å²) in [4.78, 5) is 24.7.